The normalized spacial score (nSPS) is 15.4. The highest BCUT2D eigenvalue weighted by atomic mass is 33.1. The molecule has 0 saturated carbocycles. The van der Waals surface area contributed by atoms with Gasteiger partial charge in [-0.2, -0.15) is 0 Å². The molecule has 0 radical (unpaired) electrons. The number of ether oxygens (including phenoxy) is 1. The Morgan fingerprint density at radius 1 is 0.962 bits per heavy atom. The number of carbonyl (C=O) groups is 1. The maximum absolute atomic E-state index is 13.7. The van der Waals surface area contributed by atoms with Crippen LogP contribution in [0, 0.1) is 0 Å². The Morgan fingerprint density at radius 2 is 1.46 bits per heavy atom. The summed E-state index contributed by atoms with van der Waals surface area (Å²) in [6.45, 7) is 2.11. The van der Waals surface area contributed by atoms with Crippen molar-refractivity contribution in [2.45, 2.75) is 13.3 Å². The Kier molecular flexibility index (Phi) is 6.68. The first-order chi connectivity index (χ1) is 12.6. The Morgan fingerprint density at radius 3 is 1.92 bits per heavy atom. The van der Waals surface area contributed by atoms with Gasteiger partial charge in [-0.3, -0.25) is 9.36 Å². The summed E-state index contributed by atoms with van der Waals surface area (Å²) in [6.07, 6.45) is 0.0598. The van der Waals surface area contributed by atoms with E-state index in [0.29, 0.717) is 11.9 Å². The zero-order valence-corrected chi connectivity index (χ0v) is 17.1. The molecule has 0 amide bonds. The van der Waals surface area contributed by atoms with Gasteiger partial charge in [-0.05, 0) is 23.6 Å². The van der Waals surface area contributed by atoms with Gasteiger partial charge in [0.2, 0.25) is 5.55 Å². The zero-order chi connectivity index (χ0) is 18.4. The molecule has 0 N–H and O–H groups in total. The lowest BCUT2D eigenvalue weighted by Crippen LogP contribution is -2.06. The minimum atomic E-state index is -2.73. The van der Waals surface area contributed by atoms with Crippen molar-refractivity contribution in [1.82, 2.24) is 0 Å². The molecule has 136 valence electrons. The highest BCUT2D eigenvalue weighted by Crippen LogP contribution is 2.79. The van der Waals surface area contributed by atoms with Gasteiger partial charge in [0.05, 0.1) is 13.0 Å². The van der Waals surface area contributed by atoms with Crippen molar-refractivity contribution < 1.29 is 14.1 Å². The predicted molar refractivity (Wildman–Crippen MR) is 113 cm³/mol. The zero-order valence-electron chi connectivity index (χ0n) is 14.6. The lowest BCUT2D eigenvalue weighted by atomic mass is 9.97. The second-order valence-corrected chi connectivity index (χ2v) is 13.9. The summed E-state index contributed by atoms with van der Waals surface area (Å²) < 4.78 is 18.9. The van der Waals surface area contributed by atoms with Gasteiger partial charge in [-0.15, -0.1) is 0 Å². The molecule has 0 unspecified atom stereocenters. The molecular formula is C20H21O3PS2. The maximum Gasteiger partial charge on any atom is 0.310 e. The molecule has 2 aromatic carbocycles. The van der Waals surface area contributed by atoms with Gasteiger partial charge in [-0.25, -0.2) is 0 Å². The number of benzene rings is 2. The molecule has 1 heterocycles. The molecule has 3 nitrogen and oxygen atoms in total. The van der Waals surface area contributed by atoms with Crippen LogP contribution in [-0.2, 0) is 14.1 Å². The highest BCUT2D eigenvalue weighted by molar-refractivity contribution is 8.93. The van der Waals surface area contributed by atoms with Gasteiger partial charge in [0.1, 0.15) is 0 Å². The number of esters is 1. The molecule has 3 rings (SSSR count). The summed E-state index contributed by atoms with van der Waals surface area (Å²) in [4.78, 5) is 12.3. The van der Waals surface area contributed by atoms with E-state index >= 15 is 0 Å². The Balaban J connectivity index is 2.22. The van der Waals surface area contributed by atoms with Gasteiger partial charge in [0, 0.05) is 16.8 Å². The van der Waals surface area contributed by atoms with Gasteiger partial charge in [0.25, 0.3) is 0 Å². The SMILES string of the molecule is CCOC(=O)CC(=C(c1ccccc1)c1ccccc1)P1(=O)SCCS1. The molecule has 1 saturated heterocycles. The fraction of sp³-hybridized carbons (Fsp3) is 0.250. The summed E-state index contributed by atoms with van der Waals surface area (Å²) in [5.41, 5.74) is 0.107. The number of hydrogen-bond acceptors (Lipinski definition) is 5. The van der Waals surface area contributed by atoms with Crippen LogP contribution in [0.3, 0.4) is 0 Å². The van der Waals surface area contributed by atoms with Crippen LogP contribution in [0.25, 0.3) is 5.57 Å². The third-order valence-electron chi connectivity index (χ3n) is 3.97. The van der Waals surface area contributed by atoms with Crippen LogP contribution in [0.5, 0.6) is 0 Å². The predicted octanol–water partition coefficient (Wildman–Crippen LogP) is 6.07. The van der Waals surface area contributed by atoms with E-state index in [-0.39, 0.29) is 12.4 Å². The van der Waals surface area contributed by atoms with Crippen LogP contribution >= 0.6 is 28.3 Å². The van der Waals surface area contributed by atoms with E-state index in [1.807, 2.05) is 60.7 Å². The summed E-state index contributed by atoms with van der Waals surface area (Å²) >= 11 is 2.97. The first kappa shape index (κ1) is 19.3. The van der Waals surface area contributed by atoms with Gasteiger partial charge in [0.15, 0.2) is 0 Å². The molecule has 0 aromatic heterocycles. The lowest BCUT2D eigenvalue weighted by Gasteiger charge is -2.20. The second-order valence-electron chi connectivity index (χ2n) is 5.70. The van der Waals surface area contributed by atoms with Crippen molar-refractivity contribution in [3.05, 3.63) is 77.1 Å². The molecule has 0 aliphatic carbocycles. The summed E-state index contributed by atoms with van der Waals surface area (Å²) in [5, 5.41) is 0.709. The average molecular weight is 404 g/mol. The molecule has 1 fully saturated rings. The lowest BCUT2D eigenvalue weighted by molar-refractivity contribution is -0.142. The summed E-state index contributed by atoms with van der Waals surface area (Å²) in [6, 6.07) is 19.8. The minimum absolute atomic E-state index is 0.0598. The maximum atomic E-state index is 13.7. The highest BCUT2D eigenvalue weighted by Gasteiger charge is 2.37. The standard InChI is InChI=1S/C20H21O3PS2/c1-2-23-19(21)15-18(24(22)25-13-14-26-24)20(16-9-5-3-6-10-16)17-11-7-4-8-12-17/h3-12H,2,13-15H2,1H3. The van der Waals surface area contributed by atoms with E-state index in [4.69, 9.17) is 4.74 Å². The fourth-order valence-corrected chi connectivity index (χ4v) is 12.1. The van der Waals surface area contributed by atoms with E-state index in [0.717, 1.165) is 28.2 Å². The third-order valence-corrected chi connectivity index (χ3v) is 13.1. The first-order valence-corrected chi connectivity index (χ1v) is 13.4. The Labute approximate surface area is 162 Å². The molecular weight excluding hydrogens is 383 g/mol. The molecule has 2 aromatic rings. The van der Waals surface area contributed by atoms with Crippen LogP contribution < -0.4 is 0 Å². The van der Waals surface area contributed by atoms with Crippen molar-refractivity contribution in [3.8, 4) is 0 Å². The van der Waals surface area contributed by atoms with Crippen molar-refractivity contribution in [1.29, 1.82) is 0 Å². The smallest absolute Gasteiger partial charge is 0.310 e. The van der Waals surface area contributed by atoms with Gasteiger partial charge < -0.3 is 4.74 Å². The molecule has 0 spiro atoms. The minimum Gasteiger partial charge on any atom is -0.466 e. The number of carbonyl (C=O) groups excluding carboxylic acids is 1. The Bertz CT molecular complexity index is 783. The molecule has 1 aliphatic rings. The molecule has 6 heteroatoms. The molecule has 26 heavy (non-hydrogen) atoms. The van der Waals surface area contributed by atoms with Crippen molar-refractivity contribution in [2.75, 3.05) is 18.1 Å². The number of rotatable bonds is 6. The topological polar surface area (TPSA) is 43.4 Å². The van der Waals surface area contributed by atoms with Crippen molar-refractivity contribution in [3.63, 3.8) is 0 Å². The summed E-state index contributed by atoms with van der Waals surface area (Å²) in [5.74, 6) is 1.35. The quantitative estimate of drug-likeness (QED) is 0.432. The van der Waals surface area contributed by atoms with Crippen molar-refractivity contribution in [2.24, 2.45) is 0 Å². The van der Waals surface area contributed by atoms with Gasteiger partial charge in [-0.1, -0.05) is 83.4 Å². The van der Waals surface area contributed by atoms with E-state index in [1.54, 1.807) is 6.92 Å². The van der Waals surface area contributed by atoms with E-state index in [9.17, 15) is 9.36 Å². The fourth-order valence-electron chi connectivity index (χ4n) is 2.89. The van der Waals surface area contributed by atoms with Crippen LogP contribution in [0.15, 0.2) is 66.0 Å². The van der Waals surface area contributed by atoms with Crippen LogP contribution in [0.4, 0.5) is 0 Å². The Hall–Kier alpha value is -1.42. The van der Waals surface area contributed by atoms with Crippen molar-refractivity contribution >= 4 is 39.9 Å². The van der Waals surface area contributed by atoms with E-state index < -0.39 is 5.55 Å². The second kappa shape index (κ2) is 8.98. The van der Waals surface area contributed by atoms with E-state index in [2.05, 4.69) is 0 Å². The third kappa shape index (κ3) is 4.46. The van der Waals surface area contributed by atoms with Crippen LogP contribution in [0.1, 0.15) is 24.5 Å². The first-order valence-electron chi connectivity index (χ1n) is 8.53. The van der Waals surface area contributed by atoms with E-state index in [1.165, 1.54) is 22.8 Å². The monoisotopic (exact) mass is 404 g/mol. The van der Waals surface area contributed by atoms with Crippen LogP contribution in [-0.4, -0.2) is 24.1 Å². The molecule has 1 aliphatic heterocycles. The number of hydrogen-bond donors (Lipinski definition) is 0. The molecule has 0 bridgehead atoms. The molecule has 0 atom stereocenters. The largest absolute Gasteiger partial charge is 0.466 e. The summed E-state index contributed by atoms with van der Waals surface area (Å²) in [7, 11) is 0. The van der Waals surface area contributed by atoms with Crippen LogP contribution in [0.2, 0.25) is 0 Å². The average Bonchev–Trinajstić information content (AvgIpc) is 3.11. The van der Waals surface area contributed by atoms with Gasteiger partial charge >= 0.3 is 5.97 Å².